The van der Waals surface area contributed by atoms with Crippen LogP contribution in [0, 0.1) is 0 Å². The maximum Gasteiger partial charge on any atom is 0.169 e. The van der Waals surface area contributed by atoms with Gasteiger partial charge < -0.3 is 4.52 Å². The van der Waals surface area contributed by atoms with E-state index in [1.165, 1.54) is 0 Å². The Hall–Kier alpha value is -1.31. The molecular formula is C11H17NO. The molecule has 1 aromatic heterocycles. The predicted octanol–water partition coefficient (Wildman–Crippen LogP) is 1.86. The lowest BCUT2D eigenvalue weighted by molar-refractivity contribution is 0.391. The van der Waals surface area contributed by atoms with Gasteiger partial charge >= 0.3 is 0 Å². The van der Waals surface area contributed by atoms with Gasteiger partial charge in [0, 0.05) is 5.22 Å². The number of allylic oxidation sites excluding steroid dienone is 1. The average molecular weight is 179 g/mol. The summed E-state index contributed by atoms with van der Waals surface area (Å²) < 4.78 is 4.99. The fourth-order valence-corrected chi connectivity index (χ4v) is 0.922. The van der Waals surface area contributed by atoms with Crippen LogP contribution in [0.2, 0.25) is 0 Å². The van der Waals surface area contributed by atoms with Crippen LogP contribution < -0.4 is 10.6 Å². The van der Waals surface area contributed by atoms with Crippen LogP contribution in [0.5, 0.6) is 0 Å². The molecule has 0 atom stereocenters. The summed E-state index contributed by atoms with van der Waals surface area (Å²) >= 11 is 0. The Morgan fingerprint density at radius 3 is 2.54 bits per heavy atom. The predicted molar refractivity (Wildman–Crippen MR) is 56.5 cm³/mol. The Morgan fingerprint density at radius 1 is 1.62 bits per heavy atom. The van der Waals surface area contributed by atoms with Gasteiger partial charge in [-0.1, -0.05) is 45.2 Å². The molecule has 1 rings (SSSR count). The fraction of sp³-hybridized carbons (Fsp3) is 0.364. The first-order valence-corrected chi connectivity index (χ1v) is 4.54. The lowest BCUT2D eigenvalue weighted by Crippen LogP contribution is -2.19. The van der Waals surface area contributed by atoms with Crippen molar-refractivity contribution in [2.24, 2.45) is 0 Å². The van der Waals surface area contributed by atoms with Gasteiger partial charge in [0.1, 0.15) is 0 Å². The minimum atomic E-state index is 0.752. The van der Waals surface area contributed by atoms with Gasteiger partial charge in [-0.25, -0.2) is 0 Å². The monoisotopic (exact) mass is 179 g/mol. The van der Waals surface area contributed by atoms with Crippen LogP contribution in [0.4, 0.5) is 0 Å². The second-order valence-electron chi connectivity index (χ2n) is 2.26. The SMILES string of the molecule is C=C/C(CC)=c1/oncc1=C.CC. The molecule has 0 aliphatic carbocycles. The van der Waals surface area contributed by atoms with Crippen LogP contribution in [-0.4, -0.2) is 5.16 Å². The Bertz CT molecular complexity index is 348. The van der Waals surface area contributed by atoms with E-state index in [1.807, 2.05) is 20.8 Å². The maximum atomic E-state index is 4.99. The van der Waals surface area contributed by atoms with E-state index in [1.54, 1.807) is 12.3 Å². The highest BCUT2D eigenvalue weighted by atomic mass is 16.5. The molecule has 0 fully saturated rings. The maximum absolute atomic E-state index is 4.99. The average Bonchev–Trinajstić information content (AvgIpc) is 2.58. The van der Waals surface area contributed by atoms with E-state index in [0.717, 1.165) is 22.6 Å². The topological polar surface area (TPSA) is 26.0 Å². The number of hydrogen-bond acceptors (Lipinski definition) is 2. The van der Waals surface area contributed by atoms with Crippen molar-refractivity contribution < 1.29 is 4.52 Å². The molecule has 2 heteroatoms. The molecule has 0 aliphatic rings. The third-order valence-electron chi connectivity index (χ3n) is 1.56. The number of hydrogen-bond donors (Lipinski definition) is 0. The summed E-state index contributed by atoms with van der Waals surface area (Å²) in [5, 5.41) is 4.45. The van der Waals surface area contributed by atoms with Crippen LogP contribution in [-0.2, 0) is 0 Å². The smallest absolute Gasteiger partial charge is 0.169 e. The van der Waals surface area contributed by atoms with Crippen LogP contribution in [0.15, 0.2) is 23.4 Å². The molecule has 13 heavy (non-hydrogen) atoms. The van der Waals surface area contributed by atoms with Crippen molar-refractivity contribution in [2.75, 3.05) is 0 Å². The van der Waals surface area contributed by atoms with E-state index >= 15 is 0 Å². The van der Waals surface area contributed by atoms with Crippen molar-refractivity contribution in [1.82, 2.24) is 5.16 Å². The minimum absolute atomic E-state index is 0.752. The first-order chi connectivity index (χ1) is 6.29. The van der Waals surface area contributed by atoms with E-state index in [-0.39, 0.29) is 0 Å². The third-order valence-corrected chi connectivity index (χ3v) is 1.56. The Morgan fingerprint density at radius 2 is 2.23 bits per heavy atom. The van der Waals surface area contributed by atoms with Crippen LogP contribution in [0.3, 0.4) is 0 Å². The number of rotatable bonds is 2. The molecule has 0 aromatic carbocycles. The Balaban J connectivity index is 0.000000671. The molecule has 0 saturated carbocycles. The second kappa shape index (κ2) is 6.23. The van der Waals surface area contributed by atoms with Gasteiger partial charge in [-0.05, 0) is 12.0 Å². The zero-order valence-corrected chi connectivity index (χ0v) is 8.63. The zero-order chi connectivity index (χ0) is 10.3. The summed E-state index contributed by atoms with van der Waals surface area (Å²) in [6.45, 7) is 13.5. The van der Waals surface area contributed by atoms with Crippen LogP contribution >= 0.6 is 0 Å². The molecule has 0 unspecified atom stereocenters. The Kier molecular flexibility index (Phi) is 5.60. The highest BCUT2D eigenvalue weighted by molar-refractivity contribution is 5.53. The van der Waals surface area contributed by atoms with E-state index in [4.69, 9.17) is 4.52 Å². The standard InChI is InChI=1S/C9H11NO.C2H6/c1-4-8(5-2)9-7(3)6-10-11-9;1-2/h4,6H,1,3,5H2,2H3;1-2H3/b9-8-;. The van der Waals surface area contributed by atoms with Gasteiger partial charge in [0.15, 0.2) is 5.42 Å². The van der Waals surface area contributed by atoms with E-state index < -0.39 is 0 Å². The number of nitrogens with zero attached hydrogens (tertiary/aromatic N) is 1. The fourth-order valence-electron chi connectivity index (χ4n) is 0.922. The zero-order valence-electron chi connectivity index (χ0n) is 8.63. The highest BCUT2D eigenvalue weighted by Crippen LogP contribution is 1.97. The van der Waals surface area contributed by atoms with Crippen molar-refractivity contribution >= 4 is 12.2 Å². The second-order valence-corrected chi connectivity index (χ2v) is 2.26. The van der Waals surface area contributed by atoms with Gasteiger partial charge in [0.25, 0.3) is 0 Å². The van der Waals surface area contributed by atoms with Crippen molar-refractivity contribution in [3.63, 3.8) is 0 Å². The third kappa shape index (κ3) is 2.90. The molecule has 72 valence electrons. The van der Waals surface area contributed by atoms with Crippen molar-refractivity contribution in [1.29, 1.82) is 0 Å². The van der Waals surface area contributed by atoms with Gasteiger partial charge in [0.2, 0.25) is 0 Å². The summed E-state index contributed by atoms with van der Waals surface area (Å²) in [7, 11) is 0. The summed E-state index contributed by atoms with van der Waals surface area (Å²) in [5.41, 5.74) is 1.80. The Labute approximate surface area is 79.3 Å². The van der Waals surface area contributed by atoms with Crippen LogP contribution in [0.1, 0.15) is 27.2 Å². The van der Waals surface area contributed by atoms with Crippen molar-refractivity contribution in [3.8, 4) is 0 Å². The van der Waals surface area contributed by atoms with Crippen molar-refractivity contribution in [2.45, 2.75) is 27.2 Å². The molecule has 0 radical (unpaired) electrons. The van der Waals surface area contributed by atoms with E-state index in [2.05, 4.69) is 18.3 Å². The van der Waals surface area contributed by atoms with E-state index in [9.17, 15) is 0 Å². The quantitative estimate of drug-likeness (QED) is 0.692. The normalized spacial score (nSPS) is 11.3. The summed E-state index contributed by atoms with van der Waals surface area (Å²) in [5.74, 6) is 0. The number of aromatic nitrogens is 1. The highest BCUT2D eigenvalue weighted by Gasteiger charge is 1.94. The minimum Gasteiger partial charge on any atom is -0.356 e. The van der Waals surface area contributed by atoms with Crippen molar-refractivity contribution in [3.05, 3.63) is 29.5 Å². The van der Waals surface area contributed by atoms with Gasteiger partial charge in [-0.2, -0.15) is 0 Å². The molecule has 0 bridgehead atoms. The van der Waals surface area contributed by atoms with E-state index in [0.29, 0.717) is 0 Å². The molecule has 0 spiro atoms. The summed E-state index contributed by atoms with van der Waals surface area (Å²) in [4.78, 5) is 0. The molecule has 0 amide bonds. The molecule has 0 N–H and O–H groups in total. The van der Waals surface area contributed by atoms with Gasteiger partial charge in [0.05, 0.1) is 6.20 Å². The lowest BCUT2D eigenvalue weighted by Gasteiger charge is -1.89. The molecule has 1 aromatic rings. The van der Waals surface area contributed by atoms with Gasteiger partial charge in [-0.15, -0.1) is 0 Å². The van der Waals surface area contributed by atoms with Gasteiger partial charge in [-0.3, -0.25) is 0 Å². The molecule has 0 saturated heterocycles. The summed E-state index contributed by atoms with van der Waals surface area (Å²) in [6, 6.07) is 0. The molecule has 0 aliphatic heterocycles. The first-order valence-electron chi connectivity index (χ1n) is 4.54. The lowest BCUT2D eigenvalue weighted by atomic mass is 10.2. The molecule has 1 heterocycles. The van der Waals surface area contributed by atoms with Crippen LogP contribution in [0.25, 0.3) is 12.2 Å². The molecular weight excluding hydrogens is 162 g/mol. The molecule has 2 nitrogen and oxygen atoms in total. The summed E-state index contributed by atoms with van der Waals surface area (Å²) in [6.07, 6.45) is 4.27. The first kappa shape index (κ1) is 11.7. The largest absolute Gasteiger partial charge is 0.356 e.